The van der Waals surface area contributed by atoms with Crippen LogP contribution in [-0.4, -0.2) is 9.38 Å². The molecule has 2 heterocycles. The van der Waals surface area contributed by atoms with Crippen LogP contribution in [0.1, 0.15) is 16.8 Å². The summed E-state index contributed by atoms with van der Waals surface area (Å²) < 4.78 is 2.03. The Kier molecular flexibility index (Phi) is 1.81. The van der Waals surface area contributed by atoms with Crippen LogP contribution in [0.25, 0.3) is 5.65 Å². The molecule has 13 heavy (non-hydrogen) atoms. The molecule has 0 aliphatic rings. The number of rotatable bonds is 1. The fourth-order valence-electron chi connectivity index (χ4n) is 1.60. The lowest BCUT2D eigenvalue weighted by Crippen LogP contribution is -1.95. The van der Waals surface area contributed by atoms with Crippen molar-refractivity contribution in [2.45, 2.75) is 20.4 Å². The molecular formula is C10H13N3. The molecule has 2 rings (SSSR count). The van der Waals surface area contributed by atoms with E-state index >= 15 is 0 Å². The second-order valence-corrected chi connectivity index (χ2v) is 3.37. The van der Waals surface area contributed by atoms with Crippen molar-refractivity contribution >= 4 is 5.65 Å². The molecule has 0 unspecified atom stereocenters. The van der Waals surface area contributed by atoms with Crippen molar-refractivity contribution in [1.82, 2.24) is 9.38 Å². The van der Waals surface area contributed by atoms with E-state index in [0.717, 1.165) is 11.3 Å². The normalized spacial score (nSPS) is 11.0. The SMILES string of the molecule is Cc1cc(C)c2nc(CN)cn2c1. The van der Waals surface area contributed by atoms with E-state index in [4.69, 9.17) is 5.73 Å². The van der Waals surface area contributed by atoms with E-state index in [1.165, 1.54) is 11.1 Å². The molecule has 0 spiro atoms. The van der Waals surface area contributed by atoms with Crippen LogP contribution in [0, 0.1) is 13.8 Å². The summed E-state index contributed by atoms with van der Waals surface area (Å²) in [5.41, 5.74) is 9.91. The zero-order chi connectivity index (χ0) is 9.42. The molecule has 2 N–H and O–H groups in total. The largest absolute Gasteiger partial charge is 0.325 e. The van der Waals surface area contributed by atoms with Crippen LogP contribution < -0.4 is 5.73 Å². The lowest BCUT2D eigenvalue weighted by atomic mass is 10.2. The van der Waals surface area contributed by atoms with E-state index in [1.807, 2.05) is 10.6 Å². The maximum Gasteiger partial charge on any atom is 0.140 e. The van der Waals surface area contributed by atoms with Gasteiger partial charge in [-0.15, -0.1) is 0 Å². The minimum atomic E-state index is 0.500. The second-order valence-electron chi connectivity index (χ2n) is 3.37. The predicted octanol–water partition coefficient (Wildman–Crippen LogP) is 1.41. The molecule has 0 amide bonds. The summed E-state index contributed by atoms with van der Waals surface area (Å²) in [6.07, 6.45) is 4.05. The summed E-state index contributed by atoms with van der Waals surface area (Å²) in [7, 11) is 0. The molecule has 0 aliphatic heterocycles. The van der Waals surface area contributed by atoms with Gasteiger partial charge in [0, 0.05) is 18.9 Å². The minimum Gasteiger partial charge on any atom is -0.325 e. The topological polar surface area (TPSA) is 43.3 Å². The number of imidazole rings is 1. The van der Waals surface area contributed by atoms with Crippen LogP contribution in [0.15, 0.2) is 18.5 Å². The Morgan fingerprint density at radius 1 is 1.38 bits per heavy atom. The first-order valence-corrected chi connectivity index (χ1v) is 4.35. The van der Waals surface area contributed by atoms with Gasteiger partial charge in [-0.25, -0.2) is 4.98 Å². The number of hydrogen-bond donors (Lipinski definition) is 1. The van der Waals surface area contributed by atoms with Crippen molar-refractivity contribution in [3.05, 3.63) is 35.3 Å². The molecule has 0 radical (unpaired) electrons. The molecular weight excluding hydrogens is 162 g/mol. The average Bonchev–Trinajstić information content (AvgIpc) is 2.47. The summed E-state index contributed by atoms with van der Waals surface area (Å²) in [6.45, 7) is 4.64. The Morgan fingerprint density at radius 2 is 2.15 bits per heavy atom. The second kappa shape index (κ2) is 2.85. The summed E-state index contributed by atoms with van der Waals surface area (Å²) in [4.78, 5) is 4.41. The van der Waals surface area contributed by atoms with Crippen molar-refractivity contribution in [2.24, 2.45) is 5.73 Å². The standard InChI is InChI=1S/C10H13N3/c1-7-3-8(2)10-12-9(4-11)6-13(10)5-7/h3,5-6H,4,11H2,1-2H3. The first kappa shape index (κ1) is 8.26. The highest BCUT2D eigenvalue weighted by Crippen LogP contribution is 2.12. The maximum absolute atomic E-state index is 5.53. The lowest BCUT2D eigenvalue weighted by molar-refractivity contribution is 1.01. The molecule has 0 fully saturated rings. The Labute approximate surface area is 77.2 Å². The number of nitrogens with zero attached hydrogens (tertiary/aromatic N) is 2. The summed E-state index contributed by atoms with van der Waals surface area (Å²) in [6, 6.07) is 2.13. The van der Waals surface area contributed by atoms with E-state index in [1.54, 1.807) is 0 Å². The number of fused-ring (bicyclic) bond motifs is 1. The number of hydrogen-bond acceptors (Lipinski definition) is 2. The number of aromatic nitrogens is 2. The van der Waals surface area contributed by atoms with E-state index in [9.17, 15) is 0 Å². The average molecular weight is 175 g/mol. The quantitative estimate of drug-likeness (QED) is 0.712. The molecule has 3 heteroatoms. The fraction of sp³-hybridized carbons (Fsp3) is 0.300. The predicted molar refractivity (Wildman–Crippen MR) is 52.6 cm³/mol. The number of aryl methyl sites for hydroxylation is 2. The van der Waals surface area contributed by atoms with Gasteiger partial charge in [-0.1, -0.05) is 6.07 Å². The lowest BCUT2D eigenvalue weighted by Gasteiger charge is -1.98. The summed E-state index contributed by atoms with van der Waals surface area (Å²) in [5.74, 6) is 0. The minimum absolute atomic E-state index is 0.500. The molecule has 0 bridgehead atoms. The molecule has 0 saturated carbocycles. The molecule has 0 atom stereocenters. The molecule has 2 aromatic rings. The highest BCUT2D eigenvalue weighted by molar-refractivity contribution is 5.49. The Bertz CT molecular complexity index is 443. The van der Waals surface area contributed by atoms with E-state index < -0.39 is 0 Å². The molecule has 0 saturated heterocycles. The molecule has 68 valence electrons. The van der Waals surface area contributed by atoms with E-state index in [0.29, 0.717) is 6.54 Å². The summed E-state index contributed by atoms with van der Waals surface area (Å²) >= 11 is 0. The van der Waals surface area contributed by atoms with Gasteiger partial charge in [0.2, 0.25) is 0 Å². The third-order valence-corrected chi connectivity index (χ3v) is 2.13. The van der Waals surface area contributed by atoms with Crippen molar-refractivity contribution in [2.75, 3.05) is 0 Å². The zero-order valence-corrected chi connectivity index (χ0v) is 7.91. The molecule has 0 aliphatic carbocycles. The number of nitrogens with two attached hydrogens (primary N) is 1. The van der Waals surface area contributed by atoms with Crippen molar-refractivity contribution in [3.8, 4) is 0 Å². The van der Waals surface area contributed by atoms with Gasteiger partial charge < -0.3 is 10.1 Å². The summed E-state index contributed by atoms with van der Waals surface area (Å²) in [5, 5.41) is 0. The van der Waals surface area contributed by atoms with Gasteiger partial charge >= 0.3 is 0 Å². The number of pyridine rings is 1. The zero-order valence-electron chi connectivity index (χ0n) is 7.91. The maximum atomic E-state index is 5.53. The van der Waals surface area contributed by atoms with Crippen LogP contribution in [0.5, 0.6) is 0 Å². The van der Waals surface area contributed by atoms with Gasteiger partial charge in [0.25, 0.3) is 0 Å². The van der Waals surface area contributed by atoms with Gasteiger partial charge in [-0.2, -0.15) is 0 Å². The highest BCUT2D eigenvalue weighted by atomic mass is 15.0. The van der Waals surface area contributed by atoms with E-state index in [-0.39, 0.29) is 0 Å². The Hall–Kier alpha value is -1.35. The van der Waals surface area contributed by atoms with Gasteiger partial charge in [-0.3, -0.25) is 0 Å². The molecule has 3 nitrogen and oxygen atoms in total. The first-order valence-electron chi connectivity index (χ1n) is 4.35. The fourth-order valence-corrected chi connectivity index (χ4v) is 1.60. The third-order valence-electron chi connectivity index (χ3n) is 2.13. The van der Waals surface area contributed by atoms with Crippen LogP contribution in [0.2, 0.25) is 0 Å². The van der Waals surface area contributed by atoms with Crippen LogP contribution in [-0.2, 0) is 6.54 Å². The van der Waals surface area contributed by atoms with Gasteiger partial charge in [-0.05, 0) is 25.0 Å². The van der Waals surface area contributed by atoms with Crippen molar-refractivity contribution in [3.63, 3.8) is 0 Å². The van der Waals surface area contributed by atoms with Gasteiger partial charge in [0.15, 0.2) is 0 Å². The van der Waals surface area contributed by atoms with Gasteiger partial charge in [0.1, 0.15) is 5.65 Å². The highest BCUT2D eigenvalue weighted by Gasteiger charge is 2.02. The monoisotopic (exact) mass is 175 g/mol. The first-order chi connectivity index (χ1) is 6.20. The van der Waals surface area contributed by atoms with E-state index in [2.05, 4.69) is 31.1 Å². The third kappa shape index (κ3) is 1.31. The Balaban J connectivity index is 2.75. The van der Waals surface area contributed by atoms with Crippen LogP contribution in [0.3, 0.4) is 0 Å². The molecule has 2 aromatic heterocycles. The molecule has 0 aromatic carbocycles. The van der Waals surface area contributed by atoms with Crippen molar-refractivity contribution in [1.29, 1.82) is 0 Å². The van der Waals surface area contributed by atoms with Crippen molar-refractivity contribution < 1.29 is 0 Å². The van der Waals surface area contributed by atoms with Gasteiger partial charge in [0.05, 0.1) is 5.69 Å². The smallest absolute Gasteiger partial charge is 0.140 e. The van der Waals surface area contributed by atoms with Crippen LogP contribution >= 0.6 is 0 Å². The Morgan fingerprint density at radius 3 is 2.85 bits per heavy atom. The van der Waals surface area contributed by atoms with Crippen LogP contribution in [0.4, 0.5) is 0 Å².